The van der Waals surface area contributed by atoms with Crippen molar-refractivity contribution in [2.24, 2.45) is 5.73 Å². The SMILES string of the molecule is Nc1nc(NCCc2cn[nH]c2)cc(C2CC(N)C2)n1. The minimum atomic E-state index is 0.300. The van der Waals surface area contributed by atoms with Crippen LogP contribution in [0.5, 0.6) is 0 Å². The second-order valence-electron chi connectivity index (χ2n) is 5.25. The van der Waals surface area contributed by atoms with Crippen molar-refractivity contribution < 1.29 is 0 Å². The molecule has 1 saturated carbocycles. The van der Waals surface area contributed by atoms with Gasteiger partial charge < -0.3 is 16.8 Å². The molecule has 7 heteroatoms. The number of aromatic amines is 1. The Morgan fingerprint density at radius 1 is 1.35 bits per heavy atom. The van der Waals surface area contributed by atoms with Crippen LogP contribution in [-0.2, 0) is 6.42 Å². The van der Waals surface area contributed by atoms with Crippen molar-refractivity contribution in [1.82, 2.24) is 20.2 Å². The fourth-order valence-electron chi connectivity index (χ4n) is 2.44. The molecule has 0 aromatic carbocycles. The molecule has 2 heterocycles. The number of nitrogens with one attached hydrogen (secondary N) is 2. The van der Waals surface area contributed by atoms with Crippen molar-refractivity contribution in [1.29, 1.82) is 0 Å². The van der Waals surface area contributed by atoms with Crippen molar-refractivity contribution >= 4 is 11.8 Å². The predicted octanol–water partition coefficient (Wildman–Crippen LogP) is 0.641. The number of hydrogen-bond donors (Lipinski definition) is 4. The molecule has 2 aromatic heterocycles. The maximum atomic E-state index is 5.82. The van der Waals surface area contributed by atoms with E-state index in [2.05, 4.69) is 25.5 Å². The zero-order valence-electron chi connectivity index (χ0n) is 11.2. The summed E-state index contributed by atoms with van der Waals surface area (Å²) in [7, 11) is 0. The normalized spacial score (nSPS) is 21.4. The van der Waals surface area contributed by atoms with Crippen LogP contribution in [0.2, 0.25) is 0 Å². The summed E-state index contributed by atoms with van der Waals surface area (Å²) in [5, 5.41) is 9.98. The molecule has 20 heavy (non-hydrogen) atoms. The number of nitrogens with zero attached hydrogens (tertiary/aromatic N) is 3. The van der Waals surface area contributed by atoms with Gasteiger partial charge in [-0.25, -0.2) is 4.98 Å². The summed E-state index contributed by atoms with van der Waals surface area (Å²) in [4.78, 5) is 8.52. The number of anilines is 2. The van der Waals surface area contributed by atoms with E-state index in [1.165, 1.54) is 0 Å². The predicted molar refractivity (Wildman–Crippen MR) is 77.2 cm³/mol. The summed E-state index contributed by atoms with van der Waals surface area (Å²) >= 11 is 0. The number of nitrogen functional groups attached to an aromatic ring is 1. The number of rotatable bonds is 5. The third kappa shape index (κ3) is 2.88. The fourth-order valence-corrected chi connectivity index (χ4v) is 2.44. The Morgan fingerprint density at radius 2 is 2.20 bits per heavy atom. The van der Waals surface area contributed by atoms with Gasteiger partial charge >= 0.3 is 0 Å². The van der Waals surface area contributed by atoms with E-state index >= 15 is 0 Å². The summed E-state index contributed by atoms with van der Waals surface area (Å²) in [6.45, 7) is 0.777. The van der Waals surface area contributed by atoms with Crippen LogP contribution in [-0.4, -0.2) is 32.8 Å². The lowest BCUT2D eigenvalue weighted by molar-refractivity contribution is 0.345. The summed E-state index contributed by atoms with van der Waals surface area (Å²) in [5.41, 5.74) is 13.7. The molecule has 106 valence electrons. The summed E-state index contributed by atoms with van der Waals surface area (Å²) in [6, 6.07) is 2.27. The van der Waals surface area contributed by atoms with E-state index in [1.54, 1.807) is 0 Å². The number of aromatic nitrogens is 4. The first kappa shape index (κ1) is 12.9. The highest BCUT2D eigenvalue weighted by atomic mass is 15.1. The molecule has 0 atom stereocenters. The van der Waals surface area contributed by atoms with E-state index < -0.39 is 0 Å². The Bertz CT molecular complexity index is 560. The van der Waals surface area contributed by atoms with Gasteiger partial charge in [0.2, 0.25) is 5.95 Å². The minimum absolute atomic E-state index is 0.300. The summed E-state index contributed by atoms with van der Waals surface area (Å²) < 4.78 is 0. The third-order valence-electron chi connectivity index (χ3n) is 3.63. The Morgan fingerprint density at radius 3 is 2.90 bits per heavy atom. The lowest BCUT2D eigenvalue weighted by Crippen LogP contribution is -2.35. The Hall–Kier alpha value is -2.15. The van der Waals surface area contributed by atoms with Gasteiger partial charge in [0.1, 0.15) is 5.82 Å². The van der Waals surface area contributed by atoms with Crippen LogP contribution in [0, 0.1) is 0 Å². The van der Waals surface area contributed by atoms with Crippen molar-refractivity contribution in [2.75, 3.05) is 17.6 Å². The van der Waals surface area contributed by atoms with Crippen LogP contribution in [0.25, 0.3) is 0 Å². The van der Waals surface area contributed by atoms with Crippen molar-refractivity contribution in [3.05, 3.63) is 29.7 Å². The first-order chi connectivity index (χ1) is 9.70. The van der Waals surface area contributed by atoms with E-state index in [0.29, 0.717) is 17.9 Å². The Kier molecular flexibility index (Phi) is 3.51. The second kappa shape index (κ2) is 5.46. The minimum Gasteiger partial charge on any atom is -0.370 e. The van der Waals surface area contributed by atoms with Crippen LogP contribution in [0.4, 0.5) is 11.8 Å². The molecule has 1 aliphatic carbocycles. The summed E-state index contributed by atoms with van der Waals surface area (Å²) in [5.74, 6) is 1.51. The average Bonchev–Trinajstić information content (AvgIpc) is 2.87. The topological polar surface area (TPSA) is 119 Å². The van der Waals surface area contributed by atoms with Gasteiger partial charge in [0.05, 0.1) is 11.9 Å². The molecule has 0 spiro atoms. The molecular weight excluding hydrogens is 254 g/mol. The van der Waals surface area contributed by atoms with Gasteiger partial charge in [-0.1, -0.05) is 0 Å². The van der Waals surface area contributed by atoms with Crippen molar-refractivity contribution in [2.45, 2.75) is 31.2 Å². The Labute approximate surface area is 117 Å². The highest BCUT2D eigenvalue weighted by Crippen LogP contribution is 2.35. The average molecular weight is 273 g/mol. The van der Waals surface area contributed by atoms with Crippen molar-refractivity contribution in [3.63, 3.8) is 0 Å². The number of nitrogens with two attached hydrogens (primary N) is 2. The van der Waals surface area contributed by atoms with Gasteiger partial charge in [-0.15, -0.1) is 0 Å². The molecular formula is C13H19N7. The molecule has 1 fully saturated rings. The van der Waals surface area contributed by atoms with Gasteiger partial charge in [0, 0.05) is 30.8 Å². The molecule has 0 saturated heterocycles. The molecule has 7 nitrogen and oxygen atoms in total. The Balaban J connectivity index is 1.61. The first-order valence-corrected chi connectivity index (χ1v) is 6.82. The molecule has 0 bridgehead atoms. The largest absolute Gasteiger partial charge is 0.370 e. The van der Waals surface area contributed by atoms with Gasteiger partial charge in [-0.2, -0.15) is 10.1 Å². The molecule has 3 rings (SSSR count). The fraction of sp³-hybridized carbons (Fsp3) is 0.462. The van der Waals surface area contributed by atoms with Crippen LogP contribution >= 0.6 is 0 Å². The lowest BCUT2D eigenvalue weighted by atomic mass is 9.78. The van der Waals surface area contributed by atoms with E-state index in [9.17, 15) is 0 Å². The third-order valence-corrected chi connectivity index (χ3v) is 3.63. The van der Waals surface area contributed by atoms with Crippen LogP contribution in [0.1, 0.15) is 30.0 Å². The number of H-pyrrole nitrogens is 1. The smallest absolute Gasteiger partial charge is 0.222 e. The quantitative estimate of drug-likeness (QED) is 0.635. The summed E-state index contributed by atoms with van der Waals surface area (Å²) in [6.07, 6.45) is 6.54. The zero-order valence-corrected chi connectivity index (χ0v) is 11.2. The molecule has 0 aliphatic heterocycles. The van der Waals surface area contributed by atoms with Crippen LogP contribution < -0.4 is 16.8 Å². The standard InChI is InChI=1S/C13H19N7/c14-10-3-9(4-10)11-5-12(20-13(15)19-11)16-2-1-8-6-17-18-7-8/h5-7,9-10H,1-4,14H2,(H,17,18)(H3,15,16,19,20). The number of hydrogen-bond acceptors (Lipinski definition) is 6. The van der Waals surface area contributed by atoms with Gasteiger partial charge in [-0.3, -0.25) is 5.10 Å². The van der Waals surface area contributed by atoms with Gasteiger partial charge in [0.25, 0.3) is 0 Å². The monoisotopic (exact) mass is 273 g/mol. The highest BCUT2D eigenvalue weighted by Gasteiger charge is 2.29. The molecule has 1 aliphatic rings. The van der Waals surface area contributed by atoms with E-state index in [1.807, 2.05) is 18.5 Å². The molecule has 6 N–H and O–H groups in total. The first-order valence-electron chi connectivity index (χ1n) is 6.82. The van der Waals surface area contributed by atoms with E-state index in [0.717, 1.165) is 42.9 Å². The lowest BCUT2D eigenvalue weighted by Gasteiger charge is -2.32. The molecule has 0 unspecified atom stereocenters. The maximum absolute atomic E-state index is 5.82. The van der Waals surface area contributed by atoms with Gasteiger partial charge in [-0.05, 0) is 24.8 Å². The van der Waals surface area contributed by atoms with E-state index in [-0.39, 0.29) is 0 Å². The highest BCUT2D eigenvalue weighted by molar-refractivity contribution is 5.42. The van der Waals surface area contributed by atoms with E-state index in [4.69, 9.17) is 11.5 Å². The van der Waals surface area contributed by atoms with Crippen molar-refractivity contribution in [3.8, 4) is 0 Å². The van der Waals surface area contributed by atoms with Gasteiger partial charge in [0.15, 0.2) is 0 Å². The van der Waals surface area contributed by atoms with Crippen LogP contribution in [0.15, 0.2) is 18.5 Å². The molecule has 0 radical (unpaired) electrons. The molecule has 0 amide bonds. The molecule has 2 aromatic rings. The zero-order chi connectivity index (χ0) is 13.9. The second-order valence-corrected chi connectivity index (χ2v) is 5.25. The maximum Gasteiger partial charge on any atom is 0.222 e. The van der Waals surface area contributed by atoms with Crippen LogP contribution in [0.3, 0.4) is 0 Å².